The fraction of sp³-hybridized carbons (Fsp3) is 0.571. The zero-order valence-corrected chi connectivity index (χ0v) is 13.7. The Balaban J connectivity index is 2.32. The first-order chi connectivity index (χ1) is 8.87. The molecule has 0 aliphatic carbocycles. The van der Waals surface area contributed by atoms with E-state index >= 15 is 0 Å². The van der Waals surface area contributed by atoms with Crippen molar-refractivity contribution in [2.24, 2.45) is 11.3 Å². The van der Waals surface area contributed by atoms with Gasteiger partial charge in [0.05, 0.1) is 6.61 Å². The van der Waals surface area contributed by atoms with Crippen LogP contribution in [0.25, 0.3) is 0 Å². The SMILES string of the molecule is CO[P@]1(=S)OC[C@H](C(C)(C)C)CN1c1ccccc1. The molecule has 0 N–H and O–H groups in total. The quantitative estimate of drug-likeness (QED) is 0.768. The van der Waals surface area contributed by atoms with Crippen molar-refractivity contribution in [3.63, 3.8) is 0 Å². The lowest BCUT2D eigenvalue weighted by atomic mass is 9.81. The number of hydrogen-bond donors (Lipinski definition) is 0. The van der Waals surface area contributed by atoms with E-state index in [2.05, 4.69) is 37.6 Å². The minimum Gasteiger partial charge on any atom is -0.317 e. The Labute approximate surface area is 121 Å². The van der Waals surface area contributed by atoms with Gasteiger partial charge in [0.1, 0.15) is 0 Å². The van der Waals surface area contributed by atoms with Crippen LogP contribution in [0.4, 0.5) is 5.69 Å². The van der Waals surface area contributed by atoms with Gasteiger partial charge in [-0.3, -0.25) is 0 Å². The van der Waals surface area contributed by atoms with Crippen LogP contribution in [0, 0.1) is 11.3 Å². The number of rotatable bonds is 2. The summed E-state index contributed by atoms with van der Waals surface area (Å²) in [5.41, 5.74) is 1.28. The fourth-order valence-electron chi connectivity index (χ4n) is 2.14. The molecule has 1 aliphatic heterocycles. The molecule has 0 saturated carbocycles. The van der Waals surface area contributed by atoms with Gasteiger partial charge in [-0.05, 0) is 29.4 Å². The van der Waals surface area contributed by atoms with Gasteiger partial charge in [-0.1, -0.05) is 39.0 Å². The van der Waals surface area contributed by atoms with Crippen molar-refractivity contribution in [3.05, 3.63) is 30.3 Å². The summed E-state index contributed by atoms with van der Waals surface area (Å²) in [5, 5.41) is 0. The second-order valence-electron chi connectivity index (χ2n) is 5.93. The van der Waals surface area contributed by atoms with E-state index in [-0.39, 0.29) is 5.41 Å². The molecule has 0 bridgehead atoms. The van der Waals surface area contributed by atoms with Gasteiger partial charge in [0.25, 0.3) is 6.64 Å². The van der Waals surface area contributed by atoms with Crippen molar-refractivity contribution in [2.45, 2.75) is 20.8 Å². The Morgan fingerprint density at radius 1 is 1.32 bits per heavy atom. The molecule has 2 atom stereocenters. The molecule has 1 saturated heterocycles. The average molecular weight is 299 g/mol. The lowest BCUT2D eigenvalue weighted by molar-refractivity contribution is 0.129. The average Bonchev–Trinajstić information content (AvgIpc) is 2.39. The predicted octanol–water partition coefficient (Wildman–Crippen LogP) is 4.06. The molecule has 0 aromatic heterocycles. The van der Waals surface area contributed by atoms with Crippen molar-refractivity contribution < 1.29 is 9.05 Å². The third-order valence-electron chi connectivity index (χ3n) is 3.64. The molecular formula is C14H22NO2PS. The number of hydrogen-bond acceptors (Lipinski definition) is 3. The van der Waals surface area contributed by atoms with E-state index in [9.17, 15) is 0 Å². The van der Waals surface area contributed by atoms with Crippen molar-refractivity contribution in [3.8, 4) is 0 Å². The van der Waals surface area contributed by atoms with Crippen LogP contribution in [0.15, 0.2) is 30.3 Å². The first kappa shape index (κ1) is 15.0. The Kier molecular flexibility index (Phi) is 4.36. The Morgan fingerprint density at radius 2 is 1.95 bits per heavy atom. The number of benzene rings is 1. The Bertz CT molecular complexity index is 472. The topological polar surface area (TPSA) is 21.7 Å². The lowest BCUT2D eigenvalue weighted by Crippen LogP contribution is -2.41. The van der Waals surface area contributed by atoms with Crippen LogP contribution in [0.2, 0.25) is 0 Å². The number of anilines is 1. The molecule has 0 spiro atoms. The molecule has 19 heavy (non-hydrogen) atoms. The van der Waals surface area contributed by atoms with Crippen LogP contribution in [-0.2, 0) is 20.9 Å². The highest BCUT2D eigenvalue weighted by Gasteiger charge is 2.39. The molecule has 0 radical (unpaired) electrons. The maximum Gasteiger partial charge on any atom is 0.289 e. The van der Waals surface area contributed by atoms with Gasteiger partial charge in [-0.25, -0.2) is 0 Å². The van der Waals surface area contributed by atoms with Crippen LogP contribution < -0.4 is 4.67 Å². The van der Waals surface area contributed by atoms with Crippen LogP contribution in [0.5, 0.6) is 0 Å². The Hall–Kier alpha value is -0.410. The summed E-state index contributed by atoms with van der Waals surface area (Å²) in [6.45, 7) is 5.93. The van der Waals surface area contributed by atoms with Gasteiger partial charge >= 0.3 is 0 Å². The maximum absolute atomic E-state index is 5.95. The molecule has 0 unspecified atom stereocenters. The highest BCUT2D eigenvalue weighted by molar-refractivity contribution is 8.10. The van der Waals surface area contributed by atoms with E-state index in [4.69, 9.17) is 20.9 Å². The first-order valence-corrected chi connectivity index (χ1v) is 9.09. The van der Waals surface area contributed by atoms with Crippen molar-refractivity contribution in [1.29, 1.82) is 0 Å². The summed E-state index contributed by atoms with van der Waals surface area (Å²) in [7, 11) is 1.65. The van der Waals surface area contributed by atoms with E-state index in [1.54, 1.807) is 7.11 Å². The molecule has 1 fully saturated rings. The monoisotopic (exact) mass is 299 g/mol. The largest absolute Gasteiger partial charge is 0.317 e. The van der Waals surface area contributed by atoms with E-state index in [1.165, 1.54) is 0 Å². The summed E-state index contributed by atoms with van der Waals surface area (Å²) in [4.78, 5) is 0. The summed E-state index contributed by atoms with van der Waals surface area (Å²) in [5.74, 6) is 0.443. The number of nitrogens with zero attached hydrogens (tertiary/aromatic N) is 1. The molecule has 3 nitrogen and oxygen atoms in total. The van der Waals surface area contributed by atoms with Gasteiger partial charge in [0, 0.05) is 25.3 Å². The predicted molar refractivity (Wildman–Crippen MR) is 84.0 cm³/mol. The fourth-order valence-corrected chi connectivity index (χ4v) is 4.43. The maximum atomic E-state index is 5.95. The van der Waals surface area contributed by atoms with Gasteiger partial charge in [0.15, 0.2) is 0 Å². The zero-order valence-electron chi connectivity index (χ0n) is 12.0. The van der Waals surface area contributed by atoms with Crippen LogP contribution in [0.1, 0.15) is 20.8 Å². The minimum atomic E-state index is -2.37. The highest BCUT2D eigenvalue weighted by atomic mass is 32.5. The van der Waals surface area contributed by atoms with E-state index in [0.29, 0.717) is 12.5 Å². The second kappa shape index (κ2) is 5.53. The highest BCUT2D eigenvalue weighted by Crippen LogP contribution is 2.57. The van der Waals surface area contributed by atoms with Crippen molar-refractivity contribution in [1.82, 2.24) is 0 Å². The van der Waals surface area contributed by atoms with Crippen LogP contribution >= 0.6 is 6.64 Å². The van der Waals surface area contributed by atoms with E-state index in [0.717, 1.165) is 12.2 Å². The third kappa shape index (κ3) is 3.19. The van der Waals surface area contributed by atoms with Crippen molar-refractivity contribution >= 4 is 24.1 Å². The molecule has 0 amide bonds. The van der Waals surface area contributed by atoms with Crippen molar-refractivity contribution in [2.75, 3.05) is 24.9 Å². The van der Waals surface area contributed by atoms with Gasteiger partial charge in [-0.2, -0.15) is 0 Å². The third-order valence-corrected chi connectivity index (χ3v) is 6.91. The number of para-hydroxylation sites is 1. The molecule has 1 heterocycles. The first-order valence-electron chi connectivity index (χ1n) is 6.50. The minimum absolute atomic E-state index is 0.196. The molecular weight excluding hydrogens is 277 g/mol. The molecule has 1 aliphatic rings. The van der Waals surface area contributed by atoms with Crippen LogP contribution in [0.3, 0.4) is 0 Å². The molecule has 5 heteroatoms. The van der Waals surface area contributed by atoms with Gasteiger partial charge in [-0.15, -0.1) is 0 Å². The molecule has 1 aromatic rings. The second-order valence-corrected chi connectivity index (χ2v) is 9.36. The summed E-state index contributed by atoms with van der Waals surface area (Å²) in [6.07, 6.45) is 0. The molecule has 1 aromatic carbocycles. The Morgan fingerprint density at radius 3 is 2.47 bits per heavy atom. The lowest BCUT2D eigenvalue weighted by Gasteiger charge is -2.45. The van der Waals surface area contributed by atoms with Gasteiger partial charge in [0.2, 0.25) is 0 Å². The zero-order chi connectivity index (χ0) is 14.1. The smallest absolute Gasteiger partial charge is 0.289 e. The summed E-state index contributed by atoms with van der Waals surface area (Å²) >= 11 is 5.63. The molecule has 2 rings (SSSR count). The van der Waals surface area contributed by atoms with E-state index in [1.807, 2.05) is 18.2 Å². The molecule has 106 valence electrons. The standard InChI is InChI=1S/C14H22NO2PS/c1-14(2,3)12-10-15(13-8-6-5-7-9-13)18(19,16-4)17-11-12/h5-9,12H,10-11H2,1-4H3/t12-,18+/m1/s1. The normalized spacial score (nSPS) is 28.4. The van der Waals surface area contributed by atoms with Gasteiger partial charge < -0.3 is 13.7 Å². The van der Waals surface area contributed by atoms with E-state index < -0.39 is 6.64 Å². The summed E-state index contributed by atoms with van der Waals surface area (Å²) < 4.78 is 13.6. The van der Waals surface area contributed by atoms with Crippen LogP contribution in [-0.4, -0.2) is 20.3 Å². The summed E-state index contributed by atoms with van der Waals surface area (Å²) in [6, 6.07) is 10.2.